The van der Waals surface area contributed by atoms with Gasteiger partial charge in [0.25, 0.3) is 0 Å². The minimum Gasteiger partial charge on any atom is -0.493 e. The van der Waals surface area contributed by atoms with Crippen LogP contribution in [0, 0.1) is 18.8 Å². The molecule has 65 heavy (non-hydrogen) atoms. The number of imidazole rings is 1. The summed E-state index contributed by atoms with van der Waals surface area (Å²) >= 11 is 0. The van der Waals surface area contributed by atoms with Gasteiger partial charge in [0.05, 0.1) is 11.0 Å². The van der Waals surface area contributed by atoms with Gasteiger partial charge in [-0.2, -0.15) is 53.6 Å². The van der Waals surface area contributed by atoms with Crippen LogP contribution in [-0.2, 0) is 45.9 Å². The Morgan fingerprint density at radius 3 is 2.11 bits per heavy atom. The van der Waals surface area contributed by atoms with E-state index in [0.29, 0.717) is 6.42 Å². The average Bonchev–Trinajstić information content (AvgIpc) is 4.00. The van der Waals surface area contributed by atoms with Gasteiger partial charge in [-0.3, -0.25) is 0 Å². The standard InChI is InChI=1S/C58H47N6.Pt/c1-58(2,3)43-29-30-59-56(35-43)64-50-25-11-10-22-47(50)48-28-27-40(34-51(48)64)32-39-16-14-21-44(33-39)62-38-63(54-37-52-49(36-53(54)62)60-55-26-12-13-31-61(52)55)57-45(41-17-6-4-7-18-41)23-15-24-46(57)42-19-8-5-9-20-42;/h4-11,14-25,27-30,35-38H,12-13,26,31-32H2,1-3H3;/q-3;. The summed E-state index contributed by atoms with van der Waals surface area (Å²) in [7, 11) is 0. The van der Waals surface area contributed by atoms with Gasteiger partial charge in [0.2, 0.25) is 0 Å². The van der Waals surface area contributed by atoms with E-state index in [1.807, 2.05) is 6.20 Å². The Kier molecular flexibility index (Phi) is 10.3. The van der Waals surface area contributed by atoms with Crippen LogP contribution in [0.15, 0.2) is 164 Å². The molecule has 3 aromatic heterocycles. The molecule has 2 aliphatic heterocycles. The maximum atomic E-state index is 5.23. The predicted molar refractivity (Wildman–Crippen MR) is 263 cm³/mol. The molecule has 0 saturated carbocycles. The molecule has 7 aromatic carbocycles. The first kappa shape index (κ1) is 41.0. The number of para-hydroxylation sites is 2. The normalized spacial score (nSPS) is 13.6. The van der Waals surface area contributed by atoms with Gasteiger partial charge in [-0.1, -0.05) is 123 Å². The SMILES string of the molecule is CC(C)(C)c1ccnc(-n2c3[c-]c(Cc4[c-]c(N5[CH-]N(c6c(-c7ccccc7)cccc6-c6ccccc6)c6cc7c(cc65)nc5n7CCCC5)ccc4)ccc3c3ccccc32)c1.[Pt]. The molecule has 10 aromatic rings. The summed E-state index contributed by atoms with van der Waals surface area (Å²) in [5.74, 6) is 2.09. The van der Waals surface area contributed by atoms with Crippen molar-refractivity contribution in [3.63, 3.8) is 0 Å². The molecule has 0 bridgehead atoms. The van der Waals surface area contributed by atoms with Crippen molar-refractivity contribution >= 4 is 55.6 Å². The number of hydrogen-bond acceptors (Lipinski definition) is 4. The summed E-state index contributed by atoms with van der Waals surface area (Å²) in [6.07, 6.45) is 5.96. The van der Waals surface area contributed by atoms with Gasteiger partial charge in [0.1, 0.15) is 11.6 Å². The van der Waals surface area contributed by atoms with Crippen LogP contribution in [0.1, 0.15) is 56.1 Å². The molecule has 0 amide bonds. The van der Waals surface area contributed by atoms with Crippen LogP contribution in [0.4, 0.5) is 22.7 Å². The number of fused-ring (bicyclic) bond motifs is 7. The first-order valence-electron chi connectivity index (χ1n) is 22.5. The van der Waals surface area contributed by atoms with Crippen molar-refractivity contribution in [2.45, 2.75) is 58.4 Å². The number of rotatable bonds is 7. The van der Waals surface area contributed by atoms with Crippen molar-refractivity contribution < 1.29 is 21.1 Å². The van der Waals surface area contributed by atoms with Crippen molar-refractivity contribution in [1.29, 1.82) is 0 Å². The number of aryl methyl sites for hydroxylation is 2. The smallest absolute Gasteiger partial charge is 0.135 e. The van der Waals surface area contributed by atoms with Crippen LogP contribution in [0.2, 0.25) is 0 Å². The second kappa shape index (κ2) is 16.4. The van der Waals surface area contributed by atoms with Crippen LogP contribution in [0.25, 0.3) is 60.9 Å². The third-order valence-corrected chi connectivity index (χ3v) is 13.1. The molecule has 322 valence electrons. The number of aromatic nitrogens is 4. The summed E-state index contributed by atoms with van der Waals surface area (Å²) in [6, 6.07) is 64.6. The fourth-order valence-electron chi connectivity index (χ4n) is 9.93. The van der Waals surface area contributed by atoms with Crippen molar-refractivity contribution in [3.8, 4) is 28.1 Å². The van der Waals surface area contributed by atoms with Crippen LogP contribution in [0.5, 0.6) is 0 Å². The average molecular weight is 1020 g/mol. The van der Waals surface area contributed by atoms with Gasteiger partial charge in [0, 0.05) is 73.9 Å². The van der Waals surface area contributed by atoms with Gasteiger partial charge in [-0.25, -0.2) is 9.97 Å². The quantitative estimate of drug-likeness (QED) is 0.149. The van der Waals surface area contributed by atoms with E-state index in [0.717, 1.165) is 69.2 Å². The molecule has 0 spiro atoms. The van der Waals surface area contributed by atoms with Crippen LogP contribution >= 0.6 is 0 Å². The number of anilines is 4. The zero-order valence-corrected chi connectivity index (χ0v) is 39.0. The van der Waals surface area contributed by atoms with E-state index in [1.54, 1.807) is 0 Å². The van der Waals surface area contributed by atoms with Crippen molar-refractivity contribution in [2.24, 2.45) is 0 Å². The Morgan fingerprint density at radius 1 is 0.631 bits per heavy atom. The summed E-state index contributed by atoms with van der Waals surface area (Å²) < 4.78 is 4.72. The Bertz CT molecular complexity index is 3340. The molecule has 2 aliphatic rings. The van der Waals surface area contributed by atoms with Crippen LogP contribution in [-0.4, -0.2) is 19.1 Å². The molecule has 6 nitrogen and oxygen atoms in total. The van der Waals surface area contributed by atoms with Crippen molar-refractivity contribution in [3.05, 3.63) is 205 Å². The molecule has 0 saturated heterocycles. The van der Waals surface area contributed by atoms with E-state index in [-0.39, 0.29) is 26.5 Å². The van der Waals surface area contributed by atoms with Crippen molar-refractivity contribution in [1.82, 2.24) is 19.1 Å². The van der Waals surface area contributed by atoms with Crippen molar-refractivity contribution in [2.75, 3.05) is 9.80 Å². The molecule has 0 aliphatic carbocycles. The monoisotopic (exact) mass is 1020 g/mol. The molecule has 7 heteroatoms. The minimum absolute atomic E-state index is 0. The first-order valence-corrected chi connectivity index (χ1v) is 22.5. The van der Waals surface area contributed by atoms with E-state index in [4.69, 9.17) is 9.97 Å². The Hall–Kier alpha value is -6.75. The zero-order chi connectivity index (χ0) is 42.9. The fraction of sp³-hybridized carbons (Fsp3) is 0.155. The second-order valence-corrected chi connectivity index (χ2v) is 18.2. The van der Waals surface area contributed by atoms with Gasteiger partial charge in [0.15, 0.2) is 0 Å². The number of benzene rings is 7. The molecular formula is C58H47N6Pt-3. The Balaban J connectivity index is 0.00000469. The Morgan fingerprint density at radius 2 is 1.34 bits per heavy atom. The maximum absolute atomic E-state index is 5.23. The largest absolute Gasteiger partial charge is 0.493 e. The van der Waals surface area contributed by atoms with Gasteiger partial charge in [-0.15, -0.1) is 17.7 Å². The molecule has 5 heterocycles. The molecule has 0 unspecified atom stereocenters. The molecular weight excluding hydrogens is 976 g/mol. The predicted octanol–water partition coefficient (Wildman–Crippen LogP) is 14.1. The van der Waals surface area contributed by atoms with E-state index < -0.39 is 0 Å². The van der Waals surface area contributed by atoms with Crippen LogP contribution in [0.3, 0.4) is 0 Å². The summed E-state index contributed by atoms with van der Waals surface area (Å²) in [5.41, 5.74) is 16.8. The first-order chi connectivity index (χ1) is 31.4. The molecule has 0 fully saturated rings. The van der Waals surface area contributed by atoms with E-state index >= 15 is 0 Å². The Labute approximate surface area is 395 Å². The minimum atomic E-state index is -0.00393. The zero-order valence-electron chi connectivity index (χ0n) is 36.7. The van der Waals surface area contributed by atoms with Gasteiger partial charge in [-0.05, 0) is 77.1 Å². The topological polar surface area (TPSA) is 42.1 Å². The summed E-state index contributed by atoms with van der Waals surface area (Å²) in [6.45, 7) is 10.0. The molecule has 12 rings (SSSR count). The maximum Gasteiger partial charge on any atom is 0.135 e. The molecule has 0 atom stereocenters. The van der Waals surface area contributed by atoms with E-state index in [1.165, 1.54) is 62.8 Å². The van der Waals surface area contributed by atoms with Gasteiger partial charge < -0.3 is 18.9 Å². The number of hydrogen-bond donors (Lipinski definition) is 0. The third-order valence-electron chi connectivity index (χ3n) is 13.1. The van der Waals surface area contributed by atoms with E-state index in [2.05, 4.69) is 216 Å². The number of nitrogens with zero attached hydrogens (tertiary/aromatic N) is 6. The number of pyridine rings is 1. The second-order valence-electron chi connectivity index (χ2n) is 18.2. The summed E-state index contributed by atoms with van der Waals surface area (Å²) in [4.78, 5) is 14.9. The molecule has 0 radical (unpaired) electrons. The summed E-state index contributed by atoms with van der Waals surface area (Å²) in [5, 5.41) is 2.36. The fourth-order valence-corrected chi connectivity index (χ4v) is 9.93. The van der Waals surface area contributed by atoms with Crippen LogP contribution < -0.4 is 9.80 Å². The van der Waals surface area contributed by atoms with E-state index in [9.17, 15) is 0 Å². The molecule has 0 N–H and O–H groups in total. The third kappa shape index (κ3) is 7.16. The van der Waals surface area contributed by atoms with Gasteiger partial charge >= 0.3 is 0 Å².